The van der Waals surface area contributed by atoms with Crippen molar-refractivity contribution in [3.05, 3.63) is 41.2 Å². The highest BCUT2D eigenvalue weighted by Gasteiger charge is 2.27. The molecule has 32 heavy (non-hydrogen) atoms. The fourth-order valence-electron chi connectivity index (χ4n) is 3.56. The van der Waals surface area contributed by atoms with Gasteiger partial charge in [0, 0.05) is 32.8 Å². The molecule has 0 radical (unpaired) electrons. The van der Waals surface area contributed by atoms with E-state index in [0.29, 0.717) is 18.2 Å². The van der Waals surface area contributed by atoms with Crippen LogP contribution < -0.4 is 14.9 Å². The fraction of sp³-hybridized carbons (Fsp3) is 0.591. The van der Waals surface area contributed by atoms with E-state index in [1.807, 2.05) is 6.92 Å². The van der Waals surface area contributed by atoms with Gasteiger partial charge in [0.25, 0.3) is 5.91 Å². The zero-order chi connectivity index (χ0) is 23.1. The van der Waals surface area contributed by atoms with Crippen LogP contribution in [0.1, 0.15) is 43.6 Å². The third kappa shape index (κ3) is 6.60. The number of amides is 1. The molecular formula is C22H33N5O4S. The quantitative estimate of drug-likeness (QED) is 0.455. The van der Waals surface area contributed by atoms with Crippen LogP contribution in [0.4, 0.5) is 5.82 Å². The van der Waals surface area contributed by atoms with Crippen molar-refractivity contribution in [3.63, 3.8) is 0 Å². The average molecular weight is 464 g/mol. The SMILES string of the molecule is CCCN(CC1CC1)c1cc(C(=O)NC2C=CC(S(=O)(=O)NCCOC)=CC2C)ncn1. The van der Waals surface area contributed by atoms with Gasteiger partial charge in [-0.3, -0.25) is 4.79 Å². The van der Waals surface area contributed by atoms with E-state index in [2.05, 4.69) is 31.8 Å². The summed E-state index contributed by atoms with van der Waals surface area (Å²) < 4.78 is 32.2. The number of sulfonamides is 1. The molecule has 2 N–H and O–H groups in total. The van der Waals surface area contributed by atoms with E-state index in [-0.39, 0.29) is 29.3 Å². The second-order valence-corrected chi connectivity index (χ2v) is 10.1. The van der Waals surface area contributed by atoms with Crippen molar-refractivity contribution in [1.29, 1.82) is 0 Å². The van der Waals surface area contributed by atoms with Crippen LogP contribution in [0.25, 0.3) is 0 Å². The largest absolute Gasteiger partial charge is 0.383 e. The second-order valence-electron chi connectivity index (χ2n) is 8.33. The number of methoxy groups -OCH3 is 1. The maximum absolute atomic E-state index is 12.9. The molecule has 0 saturated heterocycles. The number of carbonyl (C=O) groups is 1. The summed E-state index contributed by atoms with van der Waals surface area (Å²) in [4.78, 5) is 23.8. The molecule has 1 aromatic heterocycles. The van der Waals surface area contributed by atoms with E-state index in [0.717, 1.165) is 25.3 Å². The molecule has 1 saturated carbocycles. The Hall–Kier alpha value is -2.30. The Balaban J connectivity index is 1.64. The molecule has 2 atom stereocenters. The van der Waals surface area contributed by atoms with Gasteiger partial charge in [0.15, 0.2) is 0 Å². The highest BCUT2D eigenvalue weighted by molar-refractivity contribution is 7.93. The van der Waals surface area contributed by atoms with Crippen LogP contribution in [0.3, 0.4) is 0 Å². The number of hydrogen-bond donors (Lipinski definition) is 2. The minimum absolute atomic E-state index is 0.186. The molecule has 10 heteroatoms. The van der Waals surface area contributed by atoms with Crippen molar-refractivity contribution in [2.24, 2.45) is 11.8 Å². The number of anilines is 1. The summed E-state index contributed by atoms with van der Waals surface area (Å²) in [6, 6.07) is 1.40. The zero-order valence-corrected chi connectivity index (χ0v) is 19.8. The minimum atomic E-state index is -3.61. The summed E-state index contributed by atoms with van der Waals surface area (Å²) in [5.41, 5.74) is 0.302. The summed E-state index contributed by atoms with van der Waals surface area (Å²) in [6.45, 7) is 6.32. The Morgan fingerprint density at radius 2 is 2.09 bits per heavy atom. The van der Waals surface area contributed by atoms with E-state index in [4.69, 9.17) is 4.74 Å². The highest BCUT2D eigenvalue weighted by atomic mass is 32.2. The van der Waals surface area contributed by atoms with Crippen molar-refractivity contribution >= 4 is 21.7 Å². The van der Waals surface area contributed by atoms with E-state index in [1.54, 1.807) is 18.2 Å². The van der Waals surface area contributed by atoms with E-state index >= 15 is 0 Å². The molecular weight excluding hydrogens is 430 g/mol. The van der Waals surface area contributed by atoms with Gasteiger partial charge in [-0.15, -0.1) is 0 Å². The van der Waals surface area contributed by atoms with Gasteiger partial charge in [-0.05, 0) is 37.2 Å². The molecule has 0 aromatic carbocycles. The van der Waals surface area contributed by atoms with Crippen LogP contribution in [0.2, 0.25) is 0 Å². The lowest BCUT2D eigenvalue weighted by atomic mass is 9.97. The first-order chi connectivity index (χ1) is 15.3. The lowest BCUT2D eigenvalue weighted by Gasteiger charge is -2.25. The summed E-state index contributed by atoms with van der Waals surface area (Å²) in [5, 5.41) is 2.95. The lowest BCUT2D eigenvalue weighted by molar-refractivity contribution is 0.0933. The Labute approximate surface area is 190 Å². The molecule has 0 bridgehead atoms. The number of carbonyl (C=O) groups excluding carboxylic acids is 1. The molecule has 9 nitrogen and oxygen atoms in total. The number of nitrogens with one attached hydrogen (secondary N) is 2. The van der Waals surface area contributed by atoms with Gasteiger partial charge in [0.2, 0.25) is 10.0 Å². The van der Waals surface area contributed by atoms with Gasteiger partial charge in [0.05, 0.1) is 17.6 Å². The van der Waals surface area contributed by atoms with Crippen LogP contribution in [-0.2, 0) is 14.8 Å². The molecule has 176 valence electrons. The number of rotatable bonds is 12. The zero-order valence-electron chi connectivity index (χ0n) is 19.0. The third-order valence-electron chi connectivity index (χ3n) is 5.55. The predicted octanol–water partition coefficient (Wildman–Crippen LogP) is 1.86. The summed E-state index contributed by atoms with van der Waals surface area (Å²) >= 11 is 0. The third-order valence-corrected chi connectivity index (χ3v) is 7.02. The van der Waals surface area contributed by atoms with Crippen LogP contribution >= 0.6 is 0 Å². The molecule has 1 fully saturated rings. The van der Waals surface area contributed by atoms with Gasteiger partial charge < -0.3 is 15.0 Å². The first-order valence-corrected chi connectivity index (χ1v) is 12.6. The molecule has 1 amide bonds. The van der Waals surface area contributed by atoms with Gasteiger partial charge in [-0.25, -0.2) is 23.1 Å². The smallest absolute Gasteiger partial charge is 0.270 e. The number of nitrogens with zero attached hydrogens (tertiary/aromatic N) is 3. The topological polar surface area (TPSA) is 114 Å². The molecule has 0 spiro atoms. The fourth-order valence-corrected chi connectivity index (χ4v) is 4.73. The summed E-state index contributed by atoms with van der Waals surface area (Å²) in [6.07, 6.45) is 9.78. The van der Waals surface area contributed by atoms with E-state index < -0.39 is 10.0 Å². The number of ether oxygens (including phenoxy) is 1. The maximum Gasteiger partial charge on any atom is 0.270 e. The van der Waals surface area contributed by atoms with Crippen molar-refractivity contribution in [3.8, 4) is 0 Å². The molecule has 1 aromatic rings. The Kier molecular flexibility index (Phi) is 8.38. The number of aromatic nitrogens is 2. The van der Waals surface area contributed by atoms with Gasteiger partial charge in [-0.2, -0.15) is 0 Å². The van der Waals surface area contributed by atoms with Crippen LogP contribution in [0.5, 0.6) is 0 Å². The van der Waals surface area contributed by atoms with Gasteiger partial charge >= 0.3 is 0 Å². The van der Waals surface area contributed by atoms with Crippen molar-refractivity contribution in [2.75, 3.05) is 38.3 Å². The average Bonchev–Trinajstić information content (AvgIpc) is 3.59. The second kappa shape index (κ2) is 11.0. The minimum Gasteiger partial charge on any atom is -0.383 e. The maximum atomic E-state index is 12.9. The van der Waals surface area contributed by atoms with Gasteiger partial charge in [0.1, 0.15) is 17.8 Å². The Morgan fingerprint density at radius 3 is 2.75 bits per heavy atom. The standard InChI is InChI=1S/C22H33N5O4S/c1-4-10-27(14-17-5-6-17)21-13-20(23-15-24-21)22(28)26-19-8-7-18(12-16(19)2)32(29,30)25-9-11-31-3/h7-8,12-13,15-17,19,25H,4-6,9-11,14H2,1-3H3,(H,26,28). The van der Waals surface area contributed by atoms with Crippen LogP contribution in [-0.4, -0.2) is 63.7 Å². The summed E-state index contributed by atoms with van der Waals surface area (Å²) in [5.74, 6) is 0.964. The molecule has 1 heterocycles. The number of allylic oxidation sites excluding steroid dienone is 1. The number of hydrogen-bond acceptors (Lipinski definition) is 7. The van der Waals surface area contributed by atoms with Crippen molar-refractivity contribution in [2.45, 2.75) is 39.2 Å². The Bertz CT molecular complexity index is 959. The summed E-state index contributed by atoms with van der Waals surface area (Å²) in [7, 11) is -2.10. The monoisotopic (exact) mass is 463 g/mol. The van der Waals surface area contributed by atoms with Crippen molar-refractivity contribution in [1.82, 2.24) is 20.0 Å². The predicted molar refractivity (Wildman–Crippen MR) is 124 cm³/mol. The molecule has 2 unspecified atom stereocenters. The first kappa shape index (κ1) is 24.3. The van der Waals surface area contributed by atoms with Crippen LogP contribution in [0.15, 0.2) is 35.5 Å². The van der Waals surface area contributed by atoms with E-state index in [9.17, 15) is 13.2 Å². The van der Waals surface area contributed by atoms with E-state index in [1.165, 1.54) is 32.4 Å². The molecule has 2 aliphatic carbocycles. The van der Waals surface area contributed by atoms with Crippen LogP contribution in [0, 0.1) is 11.8 Å². The van der Waals surface area contributed by atoms with Gasteiger partial charge in [-0.1, -0.05) is 26.0 Å². The highest BCUT2D eigenvalue weighted by Crippen LogP contribution is 2.31. The first-order valence-electron chi connectivity index (χ1n) is 11.1. The van der Waals surface area contributed by atoms with Crippen molar-refractivity contribution < 1.29 is 17.9 Å². The molecule has 2 aliphatic rings. The normalized spacial score (nSPS) is 20.7. The molecule has 3 rings (SSSR count). The molecule has 0 aliphatic heterocycles. The lowest BCUT2D eigenvalue weighted by Crippen LogP contribution is -2.40. The Morgan fingerprint density at radius 1 is 1.31 bits per heavy atom.